The predicted octanol–water partition coefficient (Wildman–Crippen LogP) is 0.313. The van der Waals surface area contributed by atoms with Gasteiger partial charge in [0.1, 0.15) is 0 Å². The fourth-order valence-electron chi connectivity index (χ4n) is 2.91. The number of nitrogens with zero attached hydrogens (tertiary/aromatic N) is 2. The molecule has 2 rings (SSSR count). The van der Waals surface area contributed by atoms with E-state index in [1.165, 1.54) is 12.8 Å². The zero-order valence-electron chi connectivity index (χ0n) is 12.0. The molecule has 1 N–H and O–H groups in total. The van der Waals surface area contributed by atoms with Crippen LogP contribution in [0.4, 0.5) is 0 Å². The highest BCUT2D eigenvalue weighted by Gasteiger charge is 2.28. The van der Waals surface area contributed by atoms with E-state index >= 15 is 0 Å². The highest BCUT2D eigenvalue weighted by molar-refractivity contribution is 5.85. The van der Waals surface area contributed by atoms with Gasteiger partial charge in [0.2, 0.25) is 11.8 Å². The summed E-state index contributed by atoms with van der Waals surface area (Å²) in [5.74, 6) is 1.18. The van der Waals surface area contributed by atoms with Gasteiger partial charge in [0.05, 0.1) is 6.54 Å². The van der Waals surface area contributed by atoms with Crippen molar-refractivity contribution in [1.82, 2.24) is 15.1 Å². The Morgan fingerprint density at radius 1 is 1.47 bits per heavy atom. The van der Waals surface area contributed by atoms with Crippen molar-refractivity contribution in [2.75, 3.05) is 39.8 Å². The second-order valence-corrected chi connectivity index (χ2v) is 5.92. The first kappa shape index (κ1) is 14.3. The SMILES string of the molecule is CC(CC(=O)N1CCN(C)C(=O)C1)C1CCCNC1. The van der Waals surface area contributed by atoms with Gasteiger partial charge in [-0.1, -0.05) is 6.92 Å². The molecule has 5 nitrogen and oxygen atoms in total. The number of nitrogens with one attached hydrogen (secondary N) is 1. The van der Waals surface area contributed by atoms with Gasteiger partial charge in [-0.25, -0.2) is 0 Å². The molecule has 0 aliphatic carbocycles. The molecule has 5 heteroatoms. The van der Waals surface area contributed by atoms with E-state index in [0.29, 0.717) is 31.3 Å². The fraction of sp³-hybridized carbons (Fsp3) is 0.857. The smallest absolute Gasteiger partial charge is 0.241 e. The van der Waals surface area contributed by atoms with E-state index in [1.807, 2.05) is 0 Å². The molecule has 0 aromatic carbocycles. The molecular weight excluding hydrogens is 242 g/mol. The summed E-state index contributed by atoms with van der Waals surface area (Å²) in [6.45, 7) is 5.87. The highest BCUT2D eigenvalue weighted by Crippen LogP contribution is 2.23. The van der Waals surface area contributed by atoms with E-state index in [2.05, 4.69) is 12.2 Å². The molecule has 2 aliphatic rings. The minimum absolute atomic E-state index is 0.0478. The lowest BCUT2D eigenvalue weighted by Gasteiger charge is -2.34. The van der Waals surface area contributed by atoms with E-state index in [1.54, 1.807) is 16.8 Å². The van der Waals surface area contributed by atoms with Crippen molar-refractivity contribution in [3.8, 4) is 0 Å². The minimum Gasteiger partial charge on any atom is -0.342 e. The van der Waals surface area contributed by atoms with E-state index in [-0.39, 0.29) is 18.4 Å². The third-order valence-corrected chi connectivity index (χ3v) is 4.45. The Bertz CT molecular complexity index is 340. The van der Waals surface area contributed by atoms with Gasteiger partial charge in [0, 0.05) is 26.6 Å². The first-order valence-corrected chi connectivity index (χ1v) is 7.30. The first-order chi connectivity index (χ1) is 9.08. The predicted molar refractivity (Wildman–Crippen MR) is 73.6 cm³/mol. The maximum absolute atomic E-state index is 12.2. The van der Waals surface area contributed by atoms with E-state index < -0.39 is 0 Å². The molecule has 0 aromatic heterocycles. The molecule has 0 bridgehead atoms. The molecule has 0 aromatic rings. The van der Waals surface area contributed by atoms with E-state index in [9.17, 15) is 9.59 Å². The molecule has 2 atom stereocenters. The molecule has 2 saturated heterocycles. The van der Waals surface area contributed by atoms with Crippen molar-refractivity contribution in [3.05, 3.63) is 0 Å². The van der Waals surface area contributed by atoms with Crippen LogP contribution in [0.15, 0.2) is 0 Å². The summed E-state index contributed by atoms with van der Waals surface area (Å²) >= 11 is 0. The van der Waals surface area contributed by atoms with Gasteiger partial charge in [-0.3, -0.25) is 9.59 Å². The van der Waals surface area contributed by atoms with Crippen molar-refractivity contribution in [2.24, 2.45) is 11.8 Å². The number of hydrogen-bond donors (Lipinski definition) is 1. The number of amides is 2. The lowest BCUT2D eigenvalue weighted by atomic mass is 9.85. The number of likely N-dealkylation sites (N-methyl/N-ethyl adjacent to an activating group) is 1. The van der Waals surface area contributed by atoms with Crippen LogP contribution in [0.25, 0.3) is 0 Å². The molecule has 2 fully saturated rings. The number of carbonyl (C=O) groups is 2. The third kappa shape index (κ3) is 3.69. The van der Waals surface area contributed by atoms with Gasteiger partial charge < -0.3 is 15.1 Å². The monoisotopic (exact) mass is 267 g/mol. The van der Waals surface area contributed by atoms with Crippen LogP contribution in [0, 0.1) is 11.8 Å². The summed E-state index contributed by atoms with van der Waals surface area (Å²) < 4.78 is 0. The molecule has 19 heavy (non-hydrogen) atoms. The Hall–Kier alpha value is -1.10. The van der Waals surface area contributed by atoms with Crippen LogP contribution >= 0.6 is 0 Å². The molecule has 0 radical (unpaired) electrons. The molecule has 108 valence electrons. The lowest BCUT2D eigenvalue weighted by molar-refractivity contribution is -0.144. The Morgan fingerprint density at radius 2 is 2.26 bits per heavy atom. The summed E-state index contributed by atoms with van der Waals surface area (Å²) in [6, 6.07) is 0. The number of piperidine rings is 1. The molecule has 0 spiro atoms. The molecule has 0 saturated carbocycles. The van der Waals surface area contributed by atoms with Gasteiger partial charge in [-0.05, 0) is 37.8 Å². The first-order valence-electron chi connectivity index (χ1n) is 7.30. The molecule has 2 heterocycles. The lowest BCUT2D eigenvalue weighted by Crippen LogP contribution is -2.51. The van der Waals surface area contributed by atoms with Crippen LogP contribution in [-0.4, -0.2) is 61.4 Å². The van der Waals surface area contributed by atoms with Crippen molar-refractivity contribution < 1.29 is 9.59 Å². The zero-order chi connectivity index (χ0) is 13.8. The number of rotatable bonds is 3. The topological polar surface area (TPSA) is 52.7 Å². The standard InChI is InChI=1S/C14H25N3O2/c1-11(12-4-3-5-15-9-12)8-13(18)17-7-6-16(2)14(19)10-17/h11-12,15H,3-10H2,1-2H3. The maximum Gasteiger partial charge on any atom is 0.241 e. The molecule has 2 unspecified atom stereocenters. The Labute approximate surface area is 115 Å². The summed E-state index contributed by atoms with van der Waals surface area (Å²) in [5, 5.41) is 3.40. The van der Waals surface area contributed by atoms with Crippen LogP contribution in [0.2, 0.25) is 0 Å². The van der Waals surface area contributed by atoms with Crippen molar-refractivity contribution in [3.63, 3.8) is 0 Å². The average Bonchev–Trinajstić information content (AvgIpc) is 2.42. The number of hydrogen-bond acceptors (Lipinski definition) is 3. The van der Waals surface area contributed by atoms with Crippen molar-refractivity contribution >= 4 is 11.8 Å². The summed E-state index contributed by atoms with van der Waals surface area (Å²) in [5.41, 5.74) is 0. The van der Waals surface area contributed by atoms with Gasteiger partial charge >= 0.3 is 0 Å². The Balaban J connectivity index is 1.81. The van der Waals surface area contributed by atoms with Crippen molar-refractivity contribution in [2.45, 2.75) is 26.2 Å². The number of carbonyl (C=O) groups excluding carboxylic acids is 2. The maximum atomic E-state index is 12.2. The summed E-state index contributed by atoms with van der Waals surface area (Å²) in [4.78, 5) is 27.3. The number of piperazine rings is 1. The average molecular weight is 267 g/mol. The normalized spacial score (nSPS) is 26.4. The van der Waals surface area contributed by atoms with E-state index in [0.717, 1.165) is 13.1 Å². The summed E-state index contributed by atoms with van der Waals surface area (Å²) in [6.07, 6.45) is 2.99. The van der Waals surface area contributed by atoms with Gasteiger partial charge in [0.25, 0.3) is 0 Å². The highest BCUT2D eigenvalue weighted by atomic mass is 16.2. The van der Waals surface area contributed by atoms with Crippen LogP contribution in [0.1, 0.15) is 26.2 Å². The second kappa shape index (κ2) is 6.37. The van der Waals surface area contributed by atoms with Gasteiger partial charge in [-0.15, -0.1) is 0 Å². The third-order valence-electron chi connectivity index (χ3n) is 4.45. The van der Waals surface area contributed by atoms with Crippen LogP contribution in [0.5, 0.6) is 0 Å². The van der Waals surface area contributed by atoms with Crippen LogP contribution < -0.4 is 5.32 Å². The van der Waals surface area contributed by atoms with Crippen molar-refractivity contribution in [1.29, 1.82) is 0 Å². The van der Waals surface area contributed by atoms with Gasteiger partial charge in [-0.2, -0.15) is 0 Å². The second-order valence-electron chi connectivity index (χ2n) is 5.92. The minimum atomic E-state index is 0.0478. The Morgan fingerprint density at radius 3 is 2.89 bits per heavy atom. The summed E-state index contributed by atoms with van der Waals surface area (Å²) in [7, 11) is 1.79. The van der Waals surface area contributed by atoms with Gasteiger partial charge in [0.15, 0.2) is 0 Å². The molecular formula is C14H25N3O2. The quantitative estimate of drug-likeness (QED) is 0.801. The zero-order valence-corrected chi connectivity index (χ0v) is 12.0. The van der Waals surface area contributed by atoms with Crippen LogP contribution in [0.3, 0.4) is 0 Å². The molecule has 2 aliphatic heterocycles. The largest absolute Gasteiger partial charge is 0.342 e. The van der Waals surface area contributed by atoms with Crippen LogP contribution in [-0.2, 0) is 9.59 Å². The Kier molecular flexibility index (Phi) is 4.80. The fourth-order valence-corrected chi connectivity index (χ4v) is 2.91. The molecule has 2 amide bonds. The van der Waals surface area contributed by atoms with E-state index in [4.69, 9.17) is 0 Å².